The average molecular weight is 436 g/mol. The summed E-state index contributed by atoms with van der Waals surface area (Å²) in [6.07, 6.45) is 3.62. The molecule has 2 aliphatic rings. The zero-order valence-electron chi connectivity index (χ0n) is 18.1. The molecule has 0 spiro atoms. The van der Waals surface area contributed by atoms with Crippen LogP contribution in [-0.2, 0) is 24.5 Å². The second-order valence-corrected chi connectivity index (χ2v) is 7.71. The molecule has 0 radical (unpaired) electrons. The molecule has 32 heavy (non-hydrogen) atoms. The van der Waals surface area contributed by atoms with Crippen molar-refractivity contribution in [1.29, 1.82) is 0 Å². The lowest BCUT2D eigenvalue weighted by atomic mass is 10.00. The number of aromatic nitrogens is 2. The number of pyridine rings is 1. The maximum atomic E-state index is 13.4. The SMILES string of the molecule is CCCCn1cc2nc3ccc(OCc4cccc(F)c4)cc3c-2c(COC)c1C(=O)O. The van der Waals surface area contributed by atoms with Crippen LogP contribution in [0.4, 0.5) is 4.39 Å². The first-order valence-corrected chi connectivity index (χ1v) is 10.6. The number of halogens is 1. The first-order chi connectivity index (χ1) is 15.5. The minimum Gasteiger partial charge on any atom is -0.489 e. The minimum atomic E-state index is -0.997. The maximum Gasteiger partial charge on any atom is 0.352 e. The van der Waals surface area contributed by atoms with Crippen LogP contribution in [0.5, 0.6) is 5.75 Å². The average Bonchev–Trinajstić information content (AvgIpc) is 3.13. The van der Waals surface area contributed by atoms with Crippen LogP contribution >= 0.6 is 0 Å². The third kappa shape index (κ3) is 4.29. The Kier molecular flexibility index (Phi) is 6.37. The molecule has 0 unspecified atom stereocenters. The molecule has 2 heterocycles. The number of carbonyl (C=O) groups is 1. The molecule has 2 aromatic carbocycles. The first-order valence-electron chi connectivity index (χ1n) is 10.6. The van der Waals surface area contributed by atoms with Crippen LogP contribution in [0.15, 0.2) is 48.7 Å². The third-order valence-electron chi connectivity index (χ3n) is 5.43. The first kappa shape index (κ1) is 21.8. The predicted molar refractivity (Wildman–Crippen MR) is 120 cm³/mol. The number of carboxylic acid groups (broad SMARTS) is 1. The summed E-state index contributed by atoms with van der Waals surface area (Å²) in [5.41, 5.74) is 3.76. The number of benzene rings is 2. The number of rotatable bonds is 9. The van der Waals surface area contributed by atoms with E-state index in [1.54, 1.807) is 30.0 Å². The number of hydrogen-bond donors (Lipinski definition) is 1. The van der Waals surface area contributed by atoms with E-state index in [9.17, 15) is 14.3 Å². The van der Waals surface area contributed by atoms with Crippen LogP contribution in [0, 0.1) is 5.82 Å². The molecule has 0 bridgehead atoms. The smallest absolute Gasteiger partial charge is 0.352 e. The zero-order chi connectivity index (χ0) is 22.7. The molecule has 7 heteroatoms. The fourth-order valence-corrected chi connectivity index (χ4v) is 3.98. The number of hydrogen-bond acceptors (Lipinski definition) is 4. The van der Waals surface area contributed by atoms with Gasteiger partial charge in [0.15, 0.2) is 0 Å². The molecule has 2 aromatic rings. The van der Waals surface area contributed by atoms with E-state index < -0.39 is 5.97 Å². The van der Waals surface area contributed by atoms with Crippen molar-refractivity contribution in [2.24, 2.45) is 0 Å². The van der Waals surface area contributed by atoms with Gasteiger partial charge in [-0.1, -0.05) is 25.5 Å². The van der Waals surface area contributed by atoms with E-state index in [-0.39, 0.29) is 24.7 Å². The molecule has 2 aliphatic heterocycles. The van der Waals surface area contributed by atoms with E-state index in [0.29, 0.717) is 17.9 Å². The summed E-state index contributed by atoms with van der Waals surface area (Å²) in [7, 11) is 1.55. The molecule has 0 aliphatic carbocycles. The number of fused-ring (bicyclic) bond motifs is 3. The van der Waals surface area contributed by atoms with Crippen LogP contribution in [0.25, 0.3) is 22.2 Å². The number of carboxylic acids is 1. The molecule has 0 saturated heterocycles. The Hall–Kier alpha value is -3.45. The molecule has 4 rings (SSSR count). The zero-order valence-corrected chi connectivity index (χ0v) is 18.1. The van der Waals surface area contributed by atoms with Crippen LogP contribution in [-0.4, -0.2) is 27.7 Å². The highest BCUT2D eigenvalue weighted by molar-refractivity contribution is 6.02. The molecule has 0 fully saturated rings. The molecular weight excluding hydrogens is 411 g/mol. The Morgan fingerprint density at radius 2 is 2.03 bits per heavy atom. The second-order valence-electron chi connectivity index (χ2n) is 7.71. The monoisotopic (exact) mass is 436 g/mol. The number of unbranched alkanes of at least 4 members (excludes halogenated alkanes) is 1. The topological polar surface area (TPSA) is 73.6 Å². The number of ether oxygens (including phenoxy) is 2. The van der Waals surface area contributed by atoms with Crippen LogP contribution in [0.2, 0.25) is 0 Å². The van der Waals surface area contributed by atoms with E-state index >= 15 is 0 Å². The summed E-state index contributed by atoms with van der Waals surface area (Å²) in [5, 5.41) is 10.8. The van der Waals surface area contributed by atoms with Gasteiger partial charge in [-0.3, -0.25) is 0 Å². The van der Waals surface area contributed by atoms with Crippen molar-refractivity contribution < 1.29 is 23.8 Å². The van der Waals surface area contributed by atoms with Crippen molar-refractivity contribution in [3.05, 3.63) is 71.3 Å². The molecular formula is C25H25FN2O4. The lowest BCUT2D eigenvalue weighted by Gasteiger charge is -2.18. The number of nitrogens with zero attached hydrogens (tertiary/aromatic N) is 2. The van der Waals surface area contributed by atoms with Crippen molar-refractivity contribution in [1.82, 2.24) is 9.55 Å². The molecule has 0 amide bonds. The number of methoxy groups -OCH3 is 1. The van der Waals surface area contributed by atoms with E-state index in [2.05, 4.69) is 6.92 Å². The Morgan fingerprint density at radius 1 is 1.19 bits per heavy atom. The van der Waals surface area contributed by atoms with Crippen molar-refractivity contribution in [2.45, 2.75) is 39.5 Å². The number of aromatic carboxylic acids is 1. The summed E-state index contributed by atoms with van der Waals surface area (Å²) >= 11 is 0. The molecule has 6 nitrogen and oxygen atoms in total. The van der Waals surface area contributed by atoms with E-state index in [4.69, 9.17) is 14.5 Å². The van der Waals surface area contributed by atoms with Gasteiger partial charge in [0.2, 0.25) is 0 Å². The Morgan fingerprint density at radius 3 is 2.75 bits per heavy atom. The van der Waals surface area contributed by atoms with Gasteiger partial charge in [-0.15, -0.1) is 0 Å². The highest BCUT2D eigenvalue weighted by Crippen LogP contribution is 2.38. The fourth-order valence-electron chi connectivity index (χ4n) is 3.98. The summed E-state index contributed by atoms with van der Waals surface area (Å²) in [6.45, 7) is 3.03. The highest BCUT2D eigenvalue weighted by atomic mass is 19.1. The maximum absolute atomic E-state index is 13.4. The minimum absolute atomic E-state index is 0.153. The quantitative estimate of drug-likeness (QED) is 0.375. The van der Waals surface area contributed by atoms with Gasteiger partial charge in [-0.2, -0.15) is 0 Å². The van der Waals surface area contributed by atoms with Crippen LogP contribution < -0.4 is 4.74 Å². The standard InChI is InChI=1S/C25H25FN2O4/c1-3-4-10-28-13-22-23(20(15-31-2)24(28)25(29)30)19-12-18(8-9-21(19)27-22)32-14-16-6-5-7-17(26)11-16/h5-9,11-13H,3-4,10,14-15H2,1-2H3,(H,29,30). The second kappa shape index (κ2) is 9.36. The van der Waals surface area contributed by atoms with Gasteiger partial charge in [0, 0.05) is 36.4 Å². The van der Waals surface area contributed by atoms with E-state index in [0.717, 1.165) is 40.6 Å². The van der Waals surface area contributed by atoms with Crippen molar-refractivity contribution in [3.8, 4) is 17.0 Å². The Bertz CT molecular complexity index is 1230. The third-order valence-corrected chi connectivity index (χ3v) is 5.43. The van der Waals surface area contributed by atoms with Crippen LogP contribution in [0.3, 0.4) is 0 Å². The molecule has 0 saturated carbocycles. The van der Waals surface area contributed by atoms with Crippen LogP contribution in [0.1, 0.15) is 41.4 Å². The summed E-state index contributed by atoms with van der Waals surface area (Å²) < 4.78 is 26.5. The predicted octanol–water partition coefficient (Wildman–Crippen LogP) is 5.50. The van der Waals surface area contributed by atoms with Gasteiger partial charge in [-0.05, 0) is 42.3 Å². The van der Waals surface area contributed by atoms with Gasteiger partial charge in [0.05, 0.1) is 17.8 Å². The largest absolute Gasteiger partial charge is 0.489 e. The molecule has 0 atom stereocenters. The lowest BCUT2D eigenvalue weighted by Crippen LogP contribution is -2.17. The molecule has 1 N–H and O–H groups in total. The van der Waals surface area contributed by atoms with Gasteiger partial charge in [0.1, 0.15) is 23.9 Å². The van der Waals surface area contributed by atoms with Crippen molar-refractivity contribution in [2.75, 3.05) is 7.11 Å². The fraction of sp³-hybridized carbons (Fsp3) is 0.280. The Labute approximate surface area is 185 Å². The summed E-state index contributed by atoms with van der Waals surface area (Å²) in [4.78, 5) is 16.9. The Balaban J connectivity index is 1.80. The molecule has 0 aromatic heterocycles. The highest BCUT2D eigenvalue weighted by Gasteiger charge is 2.25. The number of aryl methyl sites for hydroxylation is 1. The van der Waals surface area contributed by atoms with Crippen molar-refractivity contribution in [3.63, 3.8) is 0 Å². The van der Waals surface area contributed by atoms with Crippen molar-refractivity contribution >= 4 is 16.9 Å². The van der Waals surface area contributed by atoms with Gasteiger partial charge < -0.3 is 19.1 Å². The summed E-state index contributed by atoms with van der Waals surface area (Å²) in [5.74, 6) is -0.712. The molecule has 166 valence electrons. The van der Waals surface area contributed by atoms with E-state index in [1.165, 1.54) is 12.1 Å². The van der Waals surface area contributed by atoms with Gasteiger partial charge in [-0.25, -0.2) is 14.2 Å². The lowest BCUT2D eigenvalue weighted by molar-refractivity contribution is 0.0677. The van der Waals surface area contributed by atoms with E-state index in [1.807, 2.05) is 18.2 Å². The summed E-state index contributed by atoms with van der Waals surface area (Å²) in [6, 6.07) is 11.8. The van der Waals surface area contributed by atoms with Gasteiger partial charge >= 0.3 is 5.97 Å². The normalized spacial score (nSPS) is 11.3. The van der Waals surface area contributed by atoms with Gasteiger partial charge in [0.25, 0.3) is 0 Å².